The summed E-state index contributed by atoms with van der Waals surface area (Å²) in [6, 6.07) is 9.86. The number of thiophene rings is 1. The minimum atomic E-state index is -0.359. The standard InChI is InChI=1S/C17H17N5OS/c18-15(23)13-8-22(7-6-19-13)16-14-12(11-4-2-1-3-5-11)9-24-17(14)21-10-20-16/h1-5,9-10,13,19H,6-8H2,(H2,18,23)/t13-/m0/s1. The topological polar surface area (TPSA) is 84.1 Å². The number of carbonyl (C=O) groups excluding carboxylic acids is 1. The van der Waals surface area contributed by atoms with E-state index in [1.54, 1.807) is 17.7 Å². The van der Waals surface area contributed by atoms with Crippen LogP contribution < -0.4 is 16.0 Å². The molecule has 24 heavy (non-hydrogen) atoms. The maximum atomic E-state index is 11.5. The molecule has 0 saturated carbocycles. The van der Waals surface area contributed by atoms with Crippen LogP contribution in [0.15, 0.2) is 42.0 Å². The normalized spacial score (nSPS) is 18.0. The molecule has 6 nitrogen and oxygen atoms in total. The van der Waals surface area contributed by atoms with Gasteiger partial charge in [-0.25, -0.2) is 9.97 Å². The first-order valence-corrected chi connectivity index (χ1v) is 8.67. The third-order valence-electron chi connectivity index (χ3n) is 4.25. The van der Waals surface area contributed by atoms with Gasteiger partial charge in [-0.3, -0.25) is 4.79 Å². The van der Waals surface area contributed by atoms with E-state index >= 15 is 0 Å². The van der Waals surface area contributed by atoms with E-state index in [-0.39, 0.29) is 11.9 Å². The van der Waals surface area contributed by atoms with Gasteiger partial charge in [0.05, 0.1) is 5.39 Å². The Hall–Kier alpha value is -2.51. The van der Waals surface area contributed by atoms with Gasteiger partial charge in [0.1, 0.15) is 23.0 Å². The summed E-state index contributed by atoms with van der Waals surface area (Å²) in [6.07, 6.45) is 1.59. The van der Waals surface area contributed by atoms with Crippen molar-refractivity contribution in [2.75, 3.05) is 24.5 Å². The molecular formula is C17H17N5OS. The lowest BCUT2D eigenvalue weighted by Crippen LogP contribution is -2.56. The molecule has 3 aromatic rings. The zero-order valence-electron chi connectivity index (χ0n) is 13.0. The van der Waals surface area contributed by atoms with E-state index in [2.05, 4.69) is 37.7 Å². The van der Waals surface area contributed by atoms with Gasteiger partial charge in [-0.05, 0) is 5.56 Å². The van der Waals surface area contributed by atoms with Crippen LogP contribution in [0.2, 0.25) is 0 Å². The second-order valence-electron chi connectivity index (χ2n) is 5.75. The number of nitrogens with two attached hydrogens (primary N) is 1. The summed E-state index contributed by atoms with van der Waals surface area (Å²) in [6.45, 7) is 2.00. The average Bonchev–Trinajstić information content (AvgIpc) is 3.07. The maximum Gasteiger partial charge on any atom is 0.236 e. The van der Waals surface area contributed by atoms with Crippen LogP contribution >= 0.6 is 11.3 Å². The van der Waals surface area contributed by atoms with Crippen LogP contribution in [-0.4, -0.2) is 41.6 Å². The van der Waals surface area contributed by atoms with Gasteiger partial charge in [0.25, 0.3) is 0 Å². The monoisotopic (exact) mass is 339 g/mol. The molecule has 1 atom stereocenters. The van der Waals surface area contributed by atoms with Gasteiger partial charge in [0.2, 0.25) is 5.91 Å². The van der Waals surface area contributed by atoms with Gasteiger partial charge in [0.15, 0.2) is 0 Å². The highest BCUT2D eigenvalue weighted by Crippen LogP contribution is 2.37. The van der Waals surface area contributed by atoms with Crippen LogP contribution in [0.4, 0.5) is 5.82 Å². The molecule has 7 heteroatoms. The Labute approximate surface area is 143 Å². The van der Waals surface area contributed by atoms with Crippen molar-refractivity contribution in [1.29, 1.82) is 0 Å². The summed E-state index contributed by atoms with van der Waals surface area (Å²) in [4.78, 5) is 23.5. The molecule has 4 rings (SSSR count). The highest BCUT2D eigenvalue weighted by Gasteiger charge is 2.26. The molecule has 122 valence electrons. The van der Waals surface area contributed by atoms with E-state index < -0.39 is 0 Å². The van der Waals surface area contributed by atoms with Crippen LogP contribution in [0.5, 0.6) is 0 Å². The number of hydrogen-bond donors (Lipinski definition) is 2. The number of nitrogens with zero attached hydrogens (tertiary/aromatic N) is 3. The molecule has 0 aliphatic carbocycles. The number of fused-ring (bicyclic) bond motifs is 1. The molecule has 0 unspecified atom stereocenters. The van der Waals surface area contributed by atoms with Gasteiger partial charge in [-0.1, -0.05) is 30.3 Å². The Balaban J connectivity index is 1.81. The Morgan fingerprint density at radius 2 is 2.12 bits per heavy atom. The first kappa shape index (κ1) is 15.0. The number of hydrogen-bond acceptors (Lipinski definition) is 6. The Morgan fingerprint density at radius 1 is 1.29 bits per heavy atom. The summed E-state index contributed by atoms with van der Waals surface area (Å²) < 4.78 is 0. The molecule has 2 aromatic heterocycles. The first-order valence-electron chi connectivity index (χ1n) is 7.79. The maximum absolute atomic E-state index is 11.5. The summed E-state index contributed by atoms with van der Waals surface area (Å²) in [7, 11) is 0. The zero-order chi connectivity index (χ0) is 16.5. The molecule has 3 heterocycles. The molecule has 0 spiro atoms. The van der Waals surface area contributed by atoms with Gasteiger partial charge in [-0.15, -0.1) is 11.3 Å². The Bertz CT molecular complexity index is 879. The molecule has 0 radical (unpaired) electrons. The van der Waals surface area contributed by atoms with Gasteiger partial charge in [0, 0.05) is 30.6 Å². The molecule has 1 amide bonds. The number of piperazine rings is 1. The zero-order valence-corrected chi connectivity index (χ0v) is 13.8. The lowest BCUT2D eigenvalue weighted by atomic mass is 10.1. The van der Waals surface area contributed by atoms with Crippen LogP contribution in [0.25, 0.3) is 21.3 Å². The minimum Gasteiger partial charge on any atom is -0.368 e. The highest BCUT2D eigenvalue weighted by atomic mass is 32.1. The molecule has 1 aliphatic rings. The van der Waals surface area contributed by atoms with Crippen molar-refractivity contribution in [2.45, 2.75) is 6.04 Å². The molecule has 1 aliphatic heterocycles. The van der Waals surface area contributed by atoms with E-state index in [0.29, 0.717) is 13.1 Å². The van der Waals surface area contributed by atoms with E-state index in [0.717, 1.165) is 33.7 Å². The molecule has 1 aromatic carbocycles. The lowest BCUT2D eigenvalue weighted by Gasteiger charge is -2.33. The molecule has 1 fully saturated rings. The number of aromatic nitrogens is 2. The number of rotatable bonds is 3. The Kier molecular flexibility index (Phi) is 3.87. The Morgan fingerprint density at radius 3 is 2.92 bits per heavy atom. The van der Waals surface area contributed by atoms with Crippen LogP contribution in [0.1, 0.15) is 0 Å². The number of nitrogens with one attached hydrogen (secondary N) is 1. The first-order chi connectivity index (χ1) is 11.7. The summed E-state index contributed by atoms with van der Waals surface area (Å²) in [5.74, 6) is 0.534. The average molecular weight is 339 g/mol. The van der Waals surface area contributed by atoms with Crippen molar-refractivity contribution in [2.24, 2.45) is 5.73 Å². The second kappa shape index (κ2) is 6.18. The predicted molar refractivity (Wildman–Crippen MR) is 96.0 cm³/mol. The number of amides is 1. The van der Waals surface area contributed by atoms with Crippen molar-refractivity contribution < 1.29 is 4.79 Å². The number of carbonyl (C=O) groups is 1. The van der Waals surface area contributed by atoms with E-state index in [4.69, 9.17) is 5.73 Å². The lowest BCUT2D eigenvalue weighted by molar-refractivity contribution is -0.120. The SMILES string of the molecule is NC(=O)[C@@H]1CN(c2ncnc3scc(-c4ccccc4)c23)CCN1. The smallest absolute Gasteiger partial charge is 0.236 e. The fourth-order valence-electron chi connectivity index (χ4n) is 3.06. The van der Waals surface area contributed by atoms with Crippen molar-refractivity contribution in [1.82, 2.24) is 15.3 Å². The number of benzene rings is 1. The van der Waals surface area contributed by atoms with Crippen LogP contribution in [0.3, 0.4) is 0 Å². The van der Waals surface area contributed by atoms with Crippen molar-refractivity contribution in [3.8, 4) is 11.1 Å². The molecular weight excluding hydrogens is 322 g/mol. The third-order valence-corrected chi connectivity index (χ3v) is 5.14. The molecule has 1 saturated heterocycles. The van der Waals surface area contributed by atoms with Gasteiger partial charge in [-0.2, -0.15) is 0 Å². The quantitative estimate of drug-likeness (QED) is 0.757. The third kappa shape index (κ3) is 2.61. The number of primary amides is 1. The summed E-state index contributed by atoms with van der Waals surface area (Å²) in [5.41, 5.74) is 7.73. The summed E-state index contributed by atoms with van der Waals surface area (Å²) >= 11 is 1.61. The minimum absolute atomic E-state index is 0.335. The molecule has 3 N–H and O–H groups in total. The fourth-order valence-corrected chi connectivity index (χ4v) is 3.97. The number of anilines is 1. The summed E-state index contributed by atoms with van der Waals surface area (Å²) in [5, 5.41) is 6.31. The van der Waals surface area contributed by atoms with Crippen LogP contribution in [0, 0.1) is 0 Å². The van der Waals surface area contributed by atoms with Gasteiger partial charge >= 0.3 is 0 Å². The highest BCUT2D eigenvalue weighted by molar-refractivity contribution is 7.17. The van der Waals surface area contributed by atoms with E-state index in [9.17, 15) is 4.79 Å². The van der Waals surface area contributed by atoms with Crippen molar-refractivity contribution in [3.05, 3.63) is 42.0 Å². The largest absolute Gasteiger partial charge is 0.368 e. The van der Waals surface area contributed by atoms with Crippen molar-refractivity contribution in [3.63, 3.8) is 0 Å². The van der Waals surface area contributed by atoms with Gasteiger partial charge < -0.3 is 16.0 Å². The van der Waals surface area contributed by atoms with E-state index in [1.807, 2.05) is 18.2 Å². The molecule has 0 bridgehead atoms. The fraction of sp³-hybridized carbons (Fsp3) is 0.235. The van der Waals surface area contributed by atoms with Crippen LogP contribution in [-0.2, 0) is 4.79 Å². The van der Waals surface area contributed by atoms with E-state index in [1.165, 1.54) is 0 Å². The van der Waals surface area contributed by atoms with Crippen molar-refractivity contribution >= 4 is 33.3 Å². The predicted octanol–water partition coefficient (Wildman–Crippen LogP) is 1.62. The second-order valence-corrected chi connectivity index (χ2v) is 6.61.